The topological polar surface area (TPSA) is 49.9 Å². The molecule has 0 N–H and O–H groups in total. The van der Waals surface area contributed by atoms with E-state index in [0.717, 1.165) is 18.8 Å². The number of methoxy groups -OCH3 is 2. The minimum absolute atomic E-state index is 0. The third kappa shape index (κ3) is 6.88. The van der Waals surface area contributed by atoms with Crippen molar-refractivity contribution in [2.45, 2.75) is 13.8 Å². The van der Waals surface area contributed by atoms with E-state index in [1.807, 2.05) is 6.07 Å². The molecule has 0 radical (unpaired) electrons. The Morgan fingerprint density at radius 1 is 1.00 bits per heavy atom. The van der Waals surface area contributed by atoms with Gasteiger partial charge in [0.05, 0.1) is 26.0 Å². The van der Waals surface area contributed by atoms with E-state index >= 15 is 0 Å². The molecule has 116 valence electrons. The molecule has 0 aromatic heterocycles. The zero-order valence-corrected chi connectivity index (χ0v) is 17.8. The molecule has 0 saturated carbocycles. The number of benzene rings is 1. The van der Waals surface area contributed by atoms with E-state index in [1.165, 1.54) is 0 Å². The van der Waals surface area contributed by atoms with E-state index < -0.39 is 0 Å². The molecule has 0 unspecified atom stereocenters. The van der Waals surface area contributed by atoms with Crippen LogP contribution in [0.4, 0.5) is 11.4 Å². The van der Waals surface area contributed by atoms with Gasteiger partial charge in [-0.2, -0.15) is 0 Å². The van der Waals surface area contributed by atoms with Gasteiger partial charge in [0.1, 0.15) is 0 Å². The molecular formula is C12H18Cl3N3O2Zn. The number of nitrogens with zero attached hydrogens (tertiary/aromatic N) is 3. The molecule has 1 aromatic carbocycles. The molecule has 0 amide bonds. The van der Waals surface area contributed by atoms with Gasteiger partial charge in [-0.1, -0.05) is 0 Å². The number of diazo groups is 1. The van der Waals surface area contributed by atoms with Crippen molar-refractivity contribution in [2.24, 2.45) is 0 Å². The molecule has 0 aliphatic carbocycles. The van der Waals surface area contributed by atoms with Gasteiger partial charge in [0.2, 0.25) is 11.1 Å². The fourth-order valence-corrected chi connectivity index (χ4v) is 1.76. The molecular weight excluding hydrogens is 390 g/mol. The van der Waals surface area contributed by atoms with Crippen LogP contribution in [0.1, 0.15) is 13.8 Å². The largest absolute Gasteiger partial charge is 2.00 e. The number of hydrogen-bond donors (Lipinski definition) is 0. The van der Waals surface area contributed by atoms with Gasteiger partial charge >= 0.3 is 25.2 Å². The predicted octanol–water partition coefficient (Wildman–Crippen LogP) is -5.96. The number of hydrogen-bond acceptors (Lipinski definition) is 4. The Morgan fingerprint density at radius 2 is 1.48 bits per heavy atom. The molecule has 5 nitrogen and oxygen atoms in total. The summed E-state index contributed by atoms with van der Waals surface area (Å²) < 4.78 is 10.5. The summed E-state index contributed by atoms with van der Waals surface area (Å²) in [5.74, 6) is 1.19. The molecule has 0 fully saturated rings. The van der Waals surface area contributed by atoms with Crippen molar-refractivity contribution in [3.05, 3.63) is 17.1 Å². The summed E-state index contributed by atoms with van der Waals surface area (Å²) in [6.45, 7) is 5.87. The van der Waals surface area contributed by atoms with Crippen LogP contribution in [0.5, 0.6) is 11.5 Å². The van der Waals surface area contributed by atoms with Crippen molar-refractivity contribution in [1.29, 1.82) is 5.39 Å². The third-order valence-corrected chi connectivity index (χ3v) is 2.69. The molecule has 0 aliphatic heterocycles. The van der Waals surface area contributed by atoms with Crippen molar-refractivity contribution in [3.8, 4) is 11.5 Å². The Hall–Kier alpha value is -0.467. The summed E-state index contributed by atoms with van der Waals surface area (Å²) in [4.78, 5) is 5.32. The molecule has 0 bridgehead atoms. The average molecular weight is 408 g/mol. The first-order valence-electron chi connectivity index (χ1n) is 5.57. The quantitative estimate of drug-likeness (QED) is 0.360. The van der Waals surface area contributed by atoms with Crippen molar-refractivity contribution in [2.75, 3.05) is 32.2 Å². The van der Waals surface area contributed by atoms with E-state index in [9.17, 15) is 0 Å². The van der Waals surface area contributed by atoms with Crippen molar-refractivity contribution in [3.63, 3.8) is 0 Å². The summed E-state index contributed by atoms with van der Waals surface area (Å²) in [7, 11) is 3.14. The van der Waals surface area contributed by atoms with Gasteiger partial charge in [-0.15, -0.1) is 0 Å². The number of rotatable bonds is 5. The summed E-state index contributed by atoms with van der Waals surface area (Å²) >= 11 is 0. The molecule has 0 atom stereocenters. The maximum absolute atomic E-state index is 8.89. The first-order valence-corrected chi connectivity index (χ1v) is 5.57. The molecule has 21 heavy (non-hydrogen) atoms. The van der Waals surface area contributed by atoms with Gasteiger partial charge in [-0.05, 0) is 13.8 Å². The van der Waals surface area contributed by atoms with E-state index in [2.05, 4.69) is 23.7 Å². The zero-order chi connectivity index (χ0) is 12.8. The average Bonchev–Trinajstić information content (AvgIpc) is 2.39. The minimum Gasteiger partial charge on any atom is -1.00 e. The number of ether oxygens (including phenoxy) is 2. The van der Waals surface area contributed by atoms with Gasteiger partial charge in [0.15, 0.2) is 10.7 Å². The molecule has 1 rings (SSSR count). The second-order valence-corrected chi connectivity index (χ2v) is 3.47. The monoisotopic (exact) mass is 405 g/mol. The molecule has 0 spiro atoms. The van der Waals surface area contributed by atoms with Gasteiger partial charge in [0, 0.05) is 19.2 Å². The predicted molar refractivity (Wildman–Crippen MR) is 67.9 cm³/mol. The summed E-state index contributed by atoms with van der Waals surface area (Å²) in [6.07, 6.45) is 0. The molecule has 9 heteroatoms. The van der Waals surface area contributed by atoms with Crippen LogP contribution in [0, 0.1) is 5.39 Å². The maximum atomic E-state index is 8.89. The van der Waals surface area contributed by atoms with Crippen LogP contribution < -0.4 is 51.6 Å². The molecule has 1 aromatic rings. The Kier molecular flexibility index (Phi) is 19.7. The van der Waals surface area contributed by atoms with Gasteiger partial charge < -0.3 is 51.6 Å². The van der Waals surface area contributed by atoms with Crippen molar-refractivity contribution < 1.29 is 66.2 Å². The summed E-state index contributed by atoms with van der Waals surface area (Å²) in [5, 5.41) is 8.89. The smallest absolute Gasteiger partial charge is 1.00 e. The number of halogens is 3. The van der Waals surface area contributed by atoms with E-state index in [-0.39, 0.29) is 56.7 Å². The van der Waals surface area contributed by atoms with Crippen LogP contribution in [-0.4, -0.2) is 27.3 Å². The Bertz CT molecular complexity index is 440. The van der Waals surface area contributed by atoms with Gasteiger partial charge in [-0.3, -0.25) is 0 Å². The normalized spacial score (nSPS) is 7.76. The Morgan fingerprint density at radius 3 is 1.81 bits per heavy atom. The van der Waals surface area contributed by atoms with E-state index in [1.54, 1.807) is 20.3 Å². The Balaban J connectivity index is -0.000000361. The van der Waals surface area contributed by atoms with E-state index in [4.69, 9.17) is 14.9 Å². The van der Waals surface area contributed by atoms with Crippen molar-refractivity contribution in [1.82, 2.24) is 0 Å². The van der Waals surface area contributed by atoms with Crippen LogP contribution in [0.15, 0.2) is 12.1 Å². The molecule has 0 heterocycles. The standard InChI is InChI=1S/C12H18N3O2.3ClH.Zn/c1-5-15(6-2)10-8-11(16-3)9(14-13)7-12(10)17-4;;;;/h7-8H,5-6H2,1-4H3;3*1H;/q+1;;;;+2/p-3. The fraction of sp³-hybridized carbons (Fsp3) is 0.500. The maximum Gasteiger partial charge on any atom is 2.00 e. The SMILES string of the molecule is CCN(CC)c1cc(OC)c([N+]#N)cc1OC.[Cl-].[Cl-].[Cl-].[Zn+2]. The molecule has 0 saturated heterocycles. The third-order valence-electron chi connectivity index (χ3n) is 2.69. The minimum atomic E-state index is 0. The van der Waals surface area contributed by atoms with Crippen LogP contribution >= 0.6 is 0 Å². The summed E-state index contributed by atoms with van der Waals surface area (Å²) in [6, 6.07) is 3.48. The summed E-state index contributed by atoms with van der Waals surface area (Å²) in [5.41, 5.74) is 1.29. The fourth-order valence-electron chi connectivity index (χ4n) is 1.76. The first kappa shape index (κ1) is 28.7. The van der Waals surface area contributed by atoms with E-state index in [0.29, 0.717) is 17.2 Å². The number of anilines is 1. The van der Waals surface area contributed by atoms with Gasteiger partial charge in [-0.25, -0.2) is 0 Å². The van der Waals surface area contributed by atoms with Gasteiger partial charge in [0.25, 0.3) is 0 Å². The second kappa shape index (κ2) is 14.5. The molecule has 0 aliphatic rings. The van der Waals surface area contributed by atoms with Crippen LogP contribution in [0.25, 0.3) is 4.98 Å². The van der Waals surface area contributed by atoms with Crippen molar-refractivity contribution >= 4 is 11.4 Å². The Labute approximate surface area is 157 Å². The van der Waals surface area contributed by atoms with Crippen LogP contribution in [0.2, 0.25) is 0 Å². The second-order valence-electron chi connectivity index (χ2n) is 3.47. The van der Waals surface area contributed by atoms with Crippen LogP contribution in [-0.2, 0) is 19.5 Å². The van der Waals surface area contributed by atoms with Crippen LogP contribution in [0.3, 0.4) is 0 Å². The first-order chi connectivity index (χ1) is 8.21. The zero-order valence-electron chi connectivity index (χ0n) is 12.6.